The van der Waals surface area contributed by atoms with Crippen LogP contribution in [0.3, 0.4) is 0 Å². The molecule has 1 atom stereocenters. The van der Waals surface area contributed by atoms with Crippen molar-refractivity contribution in [1.29, 1.82) is 0 Å². The van der Waals surface area contributed by atoms with Crippen molar-refractivity contribution in [2.45, 2.75) is 148 Å². The van der Waals surface area contributed by atoms with Crippen LogP contribution in [-0.4, -0.2) is 37.0 Å². The molecule has 0 amide bonds. The Morgan fingerprint density at radius 2 is 1.11 bits per heavy atom. The summed E-state index contributed by atoms with van der Waals surface area (Å²) in [7, 11) is 0. The summed E-state index contributed by atoms with van der Waals surface area (Å²) in [5.41, 5.74) is 0. The van der Waals surface area contributed by atoms with Gasteiger partial charge in [-0.2, -0.15) is 0 Å². The molecule has 0 aliphatic heterocycles. The Hall–Kier alpha value is -1.13. The quantitative estimate of drug-likeness (QED) is 0.0703. The van der Waals surface area contributed by atoms with E-state index < -0.39 is 6.10 Å². The smallest absolute Gasteiger partial charge is 0.306 e. The van der Waals surface area contributed by atoms with Gasteiger partial charge in [-0.1, -0.05) is 109 Å². The molecule has 0 spiro atoms. The normalized spacial score (nSPS) is 12.7. The maximum Gasteiger partial charge on any atom is 0.306 e. The molecule has 1 unspecified atom stereocenters. The largest absolute Gasteiger partial charge is 0.457 e. The van der Waals surface area contributed by atoms with E-state index in [2.05, 4.69) is 38.2 Å². The van der Waals surface area contributed by atoms with Crippen molar-refractivity contribution in [2.75, 3.05) is 19.8 Å². The Bertz CT molecular complexity index is 486. The molecule has 0 aromatic carbocycles. The van der Waals surface area contributed by atoms with Gasteiger partial charge in [-0.3, -0.25) is 4.79 Å². The fourth-order valence-electron chi connectivity index (χ4n) is 3.93. The predicted molar refractivity (Wildman–Crippen MR) is 150 cm³/mol. The molecule has 1 N–H and O–H groups in total. The summed E-state index contributed by atoms with van der Waals surface area (Å²) in [6, 6.07) is 0. The number of carbonyl (C=O) groups excluding carboxylic acids is 1. The highest BCUT2D eigenvalue weighted by Gasteiger charge is 2.13. The zero-order valence-electron chi connectivity index (χ0n) is 23.3. The van der Waals surface area contributed by atoms with E-state index in [-0.39, 0.29) is 12.6 Å². The van der Waals surface area contributed by atoms with Crippen molar-refractivity contribution in [2.24, 2.45) is 0 Å². The number of hydrogen-bond donors (Lipinski definition) is 1. The number of allylic oxidation sites excluding steroid dienone is 4. The van der Waals surface area contributed by atoms with Crippen LogP contribution in [0.15, 0.2) is 24.3 Å². The Labute approximate surface area is 217 Å². The molecule has 0 bridgehead atoms. The minimum Gasteiger partial charge on any atom is -0.457 e. The minimum atomic E-state index is -0.535. The van der Waals surface area contributed by atoms with Gasteiger partial charge in [0.15, 0.2) is 0 Å². The zero-order valence-corrected chi connectivity index (χ0v) is 23.3. The number of aliphatic hydroxyl groups is 1. The number of carbonyl (C=O) groups is 1. The molecule has 0 rings (SSSR count). The molecule has 4 heteroatoms. The van der Waals surface area contributed by atoms with Gasteiger partial charge in [0.1, 0.15) is 6.10 Å². The topological polar surface area (TPSA) is 55.8 Å². The van der Waals surface area contributed by atoms with Crippen LogP contribution in [-0.2, 0) is 14.3 Å². The van der Waals surface area contributed by atoms with E-state index in [1.165, 1.54) is 103 Å². The molecule has 0 aromatic rings. The van der Waals surface area contributed by atoms with E-state index >= 15 is 0 Å². The third-order valence-corrected chi connectivity index (χ3v) is 6.25. The summed E-state index contributed by atoms with van der Waals surface area (Å²) in [5.74, 6) is -0.216. The number of aliphatic hydroxyl groups excluding tert-OH is 1. The highest BCUT2D eigenvalue weighted by molar-refractivity contribution is 5.69. The first kappa shape index (κ1) is 33.9. The maximum absolute atomic E-state index is 12.0. The predicted octanol–water partition coefficient (Wildman–Crippen LogP) is 8.86. The lowest BCUT2D eigenvalue weighted by Gasteiger charge is -2.15. The maximum atomic E-state index is 12.0. The van der Waals surface area contributed by atoms with Crippen LogP contribution < -0.4 is 0 Å². The van der Waals surface area contributed by atoms with E-state index in [9.17, 15) is 9.90 Å². The lowest BCUT2D eigenvalue weighted by molar-refractivity contribution is -0.154. The van der Waals surface area contributed by atoms with Gasteiger partial charge in [-0.05, 0) is 51.4 Å². The minimum absolute atomic E-state index is 0.176. The van der Waals surface area contributed by atoms with E-state index in [1.54, 1.807) is 0 Å². The number of rotatable bonds is 27. The standard InChI is InChI=1S/C31H58O4/c1-3-5-7-9-11-13-15-17-19-21-23-25-27-34-29-30(28-32)35-31(33)26-24-22-20-18-16-14-12-10-8-6-4-2/h9-12,30,32H,3-8,13-29H2,1-2H3/b11-9-,12-10-. The molecule has 4 nitrogen and oxygen atoms in total. The van der Waals surface area contributed by atoms with E-state index in [1.807, 2.05) is 0 Å². The first-order valence-electron chi connectivity index (χ1n) is 14.9. The number of esters is 1. The van der Waals surface area contributed by atoms with Crippen LogP contribution in [0.1, 0.15) is 142 Å². The van der Waals surface area contributed by atoms with Crippen molar-refractivity contribution < 1.29 is 19.4 Å². The summed E-state index contributed by atoms with van der Waals surface area (Å²) in [4.78, 5) is 12.0. The average Bonchev–Trinajstić information content (AvgIpc) is 2.86. The van der Waals surface area contributed by atoms with Crippen molar-refractivity contribution >= 4 is 5.97 Å². The first-order chi connectivity index (χ1) is 17.2. The molecule has 0 saturated carbocycles. The van der Waals surface area contributed by atoms with Crippen molar-refractivity contribution in [1.82, 2.24) is 0 Å². The highest BCUT2D eigenvalue weighted by atomic mass is 16.6. The van der Waals surface area contributed by atoms with Crippen LogP contribution in [0, 0.1) is 0 Å². The van der Waals surface area contributed by atoms with E-state index in [0.29, 0.717) is 19.6 Å². The molecule has 0 aliphatic carbocycles. The van der Waals surface area contributed by atoms with Gasteiger partial charge >= 0.3 is 5.97 Å². The molecular weight excluding hydrogens is 436 g/mol. The molecule has 0 aliphatic rings. The first-order valence-corrected chi connectivity index (χ1v) is 14.9. The number of ether oxygens (including phenoxy) is 2. The fraction of sp³-hybridized carbons (Fsp3) is 0.839. The van der Waals surface area contributed by atoms with Gasteiger partial charge in [0.2, 0.25) is 0 Å². The van der Waals surface area contributed by atoms with Gasteiger partial charge in [0.05, 0.1) is 13.2 Å². The zero-order chi connectivity index (χ0) is 25.7. The third-order valence-electron chi connectivity index (χ3n) is 6.25. The Balaban J connectivity index is 3.48. The summed E-state index contributed by atoms with van der Waals surface area (Å²) in [6.07, 6.45) is 32.0. The van der Waals surface area contributed by atoms with Crippen LogP contribution >= 0.6 is 0 Å². The molecule has 0 fully saturated rings. The second-order valence-electron chi connectivity index (χ2n) is 9.81. The monoisotopic (exact) mass is 494 g/mol. The van der Waals surface area contributed by atoms with Gasteiger partial charge < -0.3 is 14.6 Å². The molecular formula is C31H58O4. The molecule has 0 saturated heterocycles. The lowest BCUT2D eigenvalue weighted by Crippen LogP contribution is -2.27. The van der Waals surface area contributed by atoms with Crippen molar-refractivity contribution in [3.8, 4) is 0 Å². The summed E-state index contributed by atoms with van der Waals surface area (Å²) < 4.78 is 11.0. The summed E-state index contributed by atoms with van der Waals surface area (Å²) in [5, 5.41) is 9.47. The SMILES string of the molecule is CCCC/C=C\CCCCCCCCOCC(CO)OC(=O)CCCCCCC/C=C\CCCC. The average molecular weight is 495 g/mol. The summed E-state index contributed by atoms with van der Waals surface area (Å²) in [6.45, 7) is 5.24. The Morgan fingerprint density at radius 1 is 0.657 bits per heavy atom. The lowest BCUT2D eigenvalue weighted by atomic mass is 10.1. The van der Waals surface area contributed by atoms with Crippen LogP contribution in [0.2, 0.25) is 0 Å². The number of unbranched alkanes of at least 4 members (excludes halogenated alkanes) is 15. The molecule has 0 heterocycles. The molecule has 0 radical (unpaired) electrons. The van der Waals surface area contributed by atoms with Gasteiger partial charge in [0.25, 0.3) is 0 Å². The van der Waals surface area contributed by atoms with Crippen LogP contribution in [0.25, 0.3) is 0 Å². The summed E-state index contributed by atoms with van der Waals surface area (Å²) >= 11 is 0. The number of hydrogen-bond acceptors (Lipinski definition) is 4. The van der Waals surface area contributed by atoms with Crippen molar-refractivity contribution in [3.63, 3.8) is 0 Å². The highest BCUT2D eigenvalue weighted by Crippen LogP contribution is 2.11. The van der Waals surface area contributed by atoms with Crippen molar-refractivity contribution in [3.05, 3.63) is 24.3 Å². The van der Waals surface area contributed by atoms with E-state index in [0.717, 1.165) is 19.3 Å². The van der Waals surface area contributed by atoms with Gasteiger partial charge in [0, 0.05) is 13.0 Å². The van der Waals surface area contributed by atoms with Crippen LogP contribution in [0.4, 0.5) is 0 Å². The van der Waals surface area contributed by atoms with Gasteiger partial charge in [-0.15, -0.1) is 0 Å². The Kier molecular flexibility index (Phi) is 28.2. The van der Waals surface area contributed by atoms with E-state index in [4.69, 9.17) is 9.47 Å². The molecule has 35 heavy (non-hydrogen) atoms. The van der Waals surface area contributed by atoms with Crippen LogP contribution in [0.5, 0.6) is 0 Å². The molecule has 0 aromatic heterocycles. The fourth-order valence-corrected chi connectivity index (χ4v) is 3.93. The Morgan fingerprint density at radius 3 is 1.63 bits per heavy atom. The molecule has 206 valence electrons. The van der Waals surface area contributed by atoms with Gasteiger partial charge in [-0.25, -0.2) is 0 Å². The second-order valence-corrected chi connectivity index (χ2v) is 9.81. The third kappa shape index (κ3) is 27.3. The second kappa shape index (κ2) is 29.1.